The van der Waals surface area contributed by atoms with Crippen LogP contribution in [0.15, 0.2) is 127 Å². The molecule has 0 bridgehead atoms. The third-order valence-electron chi connectivity index (χ3n) is 19.5. The van der Waals surface area contributed by atoms with E-state index in [1.54, 1.807) is 0 Å². The molecule has 5 aliphatic rings. The summed E-state index contributed by atoms with van der Waals surface area (Å²) in [6, 6.07) is 50.7. The van der Waals surface area contributed by atoms with E-state index < -0.39 is 0 Å². The molecule has 0 unspecified atom stereocenters. The van der Waals surface area contributed by atoms with E-state index in [0.717, 1.165) is 36.3 Å². The number of benzene rings is 7. The normalized spacial score (nSPS) is 19.6. The predicted octanol–water partition coefficient (Wildman–Crippen LogP) is 17.8. The minimum Gasteiger partial charge on any atom is -0.311 e. The summed E-state index contributed by atoms with van der Waals surface area (Å²) in [6.07, 6.45) is 5.79. The molecule has 3 aliphatic carbocycles. The molecule has 7 aromatic carbocycles. The Morgan fingerprint density at radius 3 is 1.23 bits per heavy atom. The van der Waals surface area contributed by atoms with E-state index in [1.165, 1.54) is 113 Å². The van der Waals surface area contributed by atoms with E-state index in [4.69, 9.17) is 0 Å². The summed E-state index contributed by atoms with van der Waals surface area (Å²) in [7, 11) is 0. The van der Waals surface area contributed by atoms with Gasteiger partial charge in [-0.05, 0) is 211 Å². The summed E-state index contributed by atoms with van der Waals surface area (Å²) < 4.78 is 0. The smallest absolute Gasteiger partial charge is 0.252 e. The van der Waals surface area contributed by atoms with Gasteiger partial charge in [0, 0.05) is 45.5 Å². The summed E-state index contributed by atoms with van der Waals surface area (Å²) in [5, 5.41) is 0. The van der Waals surface area contributed by atoms with E-state index >= 15 is 0 Å². The topological polar surface area (TPSA) is 9.72 Å². The Balaban J connectivity index is 1.27. The molecule has 0 spiro atoms. The fourth-order valence-corrected chi connectivity index (χ4v) is 15.1. The van der Waals surface area contributed by atoms with Crippen molar-refractivity contribution in [3.8, 4) is 0 Å². The molecule has 0 N–H and O–H groups in total. The number of rotatable bonds is 5. The van der Waals surface area contributed by atoms with E-state index in [2.05, 4.69) is 260 Å². The lowest BCUT2D eigenvalue weighted by Crippen LogP contribution is -2.62. The van der Waals surface area contributed by atoms with Gasteiger partial charge in [0.1, 0.15) is 0 Å². The molecule has 4 heteroatoms. The third-order valence-corrected chi connectivity index (χ3v) is 19.5. The van der Waals surface area contributed by atoms with Gasteiger partial charge < -0.3 is 14.7 Å². The first-order chi connectivity index (χ1) is 35.1. The van der Waals surface area contributed by atoms with Crippen molar-refractivity contribution in [2.45, 2.75) is 188 Å². The van der Waals surface area contributed by atoms with Gasteiger partial charge in [-0.15, -0.1) is 0 Å². The van der Waals surface area contributed by atoms with Gasteiger partial charge >= 0.3 is 0 Å². The van der Waals surface area contributed by atoms with Crippen LogP contribution in [0.5, 0.6) is 0 Å². The number of para-hydroxylation sites is 2. The molecule has 75 heavy (non-hydrogen) atoms. The van der Waals surface area contributed by atoms with Crippen LogP contribution in [0.4, 0.5) is 51.2 Å². The quantitative estimate of drug-likeness (QED) is 0.159. The molecule has 0 atom stereocenters. The van der Waals surface area contributed by atoms with Gasteiger partial charge in [0.15, 0.2) is 0 Å². The van der Waals surface area contributed by atoms with Crippen molar-refractivity contribution in [1.82, 2.24) is 0 Å². The molecule has 2 aliphatic heterocycles. The number of anilines is 9. The highest BCUT2D eigenvalue weighted by molar-refractivity contribution is 7.00. The van der Waals surface area contributed by atoms with E-state index in [-0.39, 0.29) is 44.6 Å². The van der Waals surface area contributed by atoms with Gasteiger partial charge in [0.25, 0.3) is 6.71 Å². The van der Waals surface area contributed by atoms with Crippen LogP contribution in [-0.4, -0.2) is 6.71 Å². The monoisotopic (exact) mass is 988 g/mol. The summed E-state index contributed by atoms with van der Waals surface area (Å²) in [5.74, 6) is 0. The molecular weight excluding hydrogens is 906 g/mol. The van der Waals surface area contributed by atoms with Crippen LogP contribution >= 0.6 is 0 Å². The first-order valence-corrected chi connectivity index (χ1v) is 28.4. The summed E-state index contributed by atoms with van der Waals surface area (Å²) in [4.78, 5) is 8.00. The number of hydrogen-bond donors (Lipinski definition) is 0. The summed E-state index contributed by atoms with van der Waals surface area (Å²) in [5.41, 5.74) is 28.4. The van der Waals surface area contributed by atoms with E-state index in [0.29, 0.717) is 0 Å². The molecule has 3 nitrogen and oxygen atoms in total. The Morgan fingerprint density at radius 2 is 0.773 bits per heavy atom. The van der Waals surface area contributed by atoms with Gasteiger partial charge in [-0.25, -0.2) is 0 Å². The Morgan fingerprint density at radius 1 is 0.387 bits per heavy atom. The Hall–Kier alpha value is -6.00. The molecule has 384 valence electrons. The van der Waals surface area contributed by atoms with Crippen molar-refractivity contribution in [3.05, 3.63) is 177 Å². The maximum atomic E-state index is 2.76. The predicted molar refractivity (Wildman–Crippen MR) is 325 cm³/mol. The molecule has 2 heterocycles. The first kappa shape index (κ1) is 49.9. The molecule has 12 rings (SSSR count). The maximum Gasteiger partial charge on any atom is 0.252 e. The fourth-order valence-electron chi connectivity index (χ4n) is 15.1. The minimum absolute atomic E-state index is 0.0120. The van der Waals surface area contributed by atoms with Crippen LogP contribution in [0, 0.1) is 13.8 Å². The van der Waals surface area contributed by atoms with Gasteiger partial charge in [-0.2, -0.15) is 0 Å². The third kappa shape index (κ3) is 7.63. The summed E-state index contributed by atoms with van der Waals surface area (Å²) >= 11 is 0. The van der Waals surface area contributed by atoms with Crippen molar-refractivity contribution in [3.63, 3.8) is 0 Å². The second-order valence-electron chi connectivity index (χ2n) is 28.8. The number of fused-ring (bicyclic) bond motifs is 7. The zero-order valence-corrected chi connectivity index (χ0v) is 48.6. The van der Waals surface area contributed by atoms with Crippen molar-refractivity contribution < 1.29 is 0 Å². The minimum atomic E-state index is -0.0638. The number of nitrogens with zero attached hydrogens (tertiary/aromatic N) is 3. The van der Waals surface area contributed by atoms with Crippen LogP contribution in [0.2, 0.25) is 0 Å². The highest BCUT2D eigenvalue weighted by atomic mass is 15.2. The number of hydrogen-bond acceptors (Lipinski definition) is 3. The largest absolute Gasteiger partial charge is 0.311 e. The van der Waals surface area contributed by atoms with Gasteiger partial charge in [0.2, 0.25) is 0 Å². The van der Waals surface area contributed by atoms with Crippen LogP contribution < -0.4 is 31.1 Å². The second kappa shape index (κ2) is 16.3. The standard InChI is InChI=1S/C71H82BN3/c1-44-34-50-53(68(10,11)32-30-66(50,6)7)40-58(44)74-60-36-46(65(3,4)5)28-29-56(60)72-57-39-52-54(69(12,13)33-31-67(52,8)9)42-61(57)75(59-41-55-51(35-45(59)2)70(14,15)43-71(55,16)17)63-38-49(37-62(74)64(63)72)73(47-24-20-18-21-25-47)48-26-22-19-23-27-48/h18-29,34-42H,30-33,43H2,1-17H3. The highest BCUT2D eigenvalue weighted by Crippen LogP contribution is 2.57. The van der Waals surface area contributed by atoms with Crippen LogP contribution in [0.25, 0.3) is 0 Å². The molecule has 0 saturated carbocycles. The molecule has 7 aromatic rings. The van der Waals surface area contributed by atoms with Crippen LogP contribution in [-0.2, 0) is 37.9 Å². The van der Waals surface area contributed by atoms with Crippen LogP contribution in [0.3, 0.4) is 0 Å². The van der Waals surface area contributed by atoms with Crippen LogP contribution in [0.1, 0.15) is 186 Å². The first-order valence-electron chi connectivity index (χ1n) is 28.4. The molecule has 0 radical (unpaired) electrons. The van der Waals surface area contributed by atoms with Gasteiger partial charge in [0.05, 0.1) is 5.69 Å². The molecular formula is C71H82BN3. The molecule has 0 saturated heterocycles. The van der Waals surface area contributed by atoms with Crippen molar-refractivity contribution in [2.24, 2.45) is 0 Å². The summed E-state index contributed by atoms with van der Waals surface area (Å²) in [6.45, 7) is 41.7. The van der Waals surface area contributed by atoms with Crippen molar-refractivity contribution >= 4 is 74.3 Å². The SMILES string of the molecule is Cc1cc2c(cc1N1c3cc(C(C)(C)C)ccc3B3c4cc5c(cc4N(c4cc6c(cc4C)C(C)(C)CC6(C)C)c4cc(N(c6ccccc6)c6ccccc6)cc1c43)C(C)(C)CCC5(C)C)C(C)(C)CCC2(C)C. The average molecular weight is 988 g/mol. The average Bonchev–Trinajstić information content (AvgIpc) is 3.59. The fraction of sp³-hybridized carbons (Fsp3) is 0.408. The van der Waals surface area contributed by atoms with E-state index in [9.17, 15) is 0 Å². The lowest BCUT2D eigenvalue weighted by molar-refractivity contribution is 0.332. The van der Waals surface area contributed by atoms with Crippen molar-refractivity contribution in [2.75, 3.05) is 14.7 Å². The Kier molecular flexibility index (Phi) is 10.8. The zero-order chi connectivity index (χ0) is 53.3. The van der Waals surface area contributed by atoms with Gasteiger partial charge in [-0.1, -0.05) is 171 Å². The second-order valence-corrected chi connectivity index (χ2v) is 28.8. The number of aryl methyl sites for hydroxylation is 2. The lowest BCUT2D eigenvalue weighted by Gasteiger charge is -2.48. The molecule has 0 fully saturated rings. The van der Waals surface area contributed by atoms with Crippen molar-refractivity contribution in [1.29, 1.82) is 0 Å². The van der Waals surface area contributed by atoms with E-state index in [1.807, 2.05) is 0 Å². The molecule has 0 amide bonds. The zero-order valence-electron chi connectivity index (χ0n) is 48.6. The maximum absolute atomic E-state index is 2.76. The molecule has 0 aromatic heterocycles. The lowest BCUT2D eigenvalue weighted by atomic mass is 9.33. The van der Waals surface area contributed by atoms with Gasteiger partial charge in [-0.3, -0.25) is 0 Å². The Labute approximate surface area is 451 Å². The highest BCUT2D eigenvalue weighted by Gasteiger charge is 2.49. The Bertz CT molecular complexity index is 3450.